The maximum atomic E-state index is 11.3. The van der Waals surface area contributed by atoms with E-state index in [1.807, 2.05) is 6.92 Å². The molecule has 0 saturated carbocycles. The molecule has 6 nitrogen and oxygen atoms in total. The van der Waals surface area contributed by atoms with Crippen LogP contribution < -0.4 is 0 Å². The van der Waals surface area contributed by atoms with Crippen LogP contribution in [0.5, 0.6) is 0 Å². The highest BCUT2D eigenvalue weighted by molar-refractivity contribution is 9.10. The van der Waals surface area contributed by atoms with Crippen molar-refractivity contribution in [2.75, 3.05) is 6.61 Å². The van der Waals surface area contributed by atoms with Gasteiger partial charge in [0.1, 0.15) is 12.9 Å². The molecule has 0 aliphatic heterocycles. The minimum atomic E-state index is -1.01. The zero-order valence-electron chi connectivity index (χ0n) is 10.2. The van der Waals surface area contributed by atoms with Crippen molar-refractivity contribution in [3.63, 3.8) is 0 Å². The summed E-state index contributed by atoms with van der Waals surface area (Å²) in [5.41, 5.74) is 0.683. The summed E-state index contributed by atoms with van der Waals surface area (Å²) in [7, 11) is 0. The Morgan fingerprint density at radius 1 is 1.53 bits per heavy atom. The SMILES string of the molecule is CCOCc1nncn1-c1ccc(Br)cc1C(=O)O. The zero-order chi connectivity index (χ0) is 13.8. The molecule has 0 atom stereocenters. The largest absolute Gasteiger partial charge is 0.478 e. The summed E-state index contributed by atoms with van der Waals surface area (Å²) in [6.07, 6.45) is 1.48. The zero-order valence-corrected chi connectivity index (χ0v) is 11.8. The van der Waals surface area contributed by atoms with E-state index in [1.165, 1.54) is 6.33 Å². The Morgan fingerprint density at radius 2 is 2.32 bits per heavy atom. The molecule has 0 bridgehead atoms. The van der Waals surface area contributed by atoms with Gasteiger partial charge in [0.05, 0.1) is 11.3 Å². The Kier molecular flexibility index (Phi) is 4.28. The summed E-state index contributed by atoms with van der Waals surface area (Å²) < 4.78 is 7.60. The Labute approximate surface area is 118 Å². The second kappa shape index (κ2) is 5.94. The van der Waals surface area contributed by atoms with Gasteiger partial charge in [-0.1, -0.05) is 15.9 Å². The van der Waals surface area contributed by atoms with E-state index in [4.69, 9.17) is 4.74 Å². The molecule has 1 N–H and O–H groups in total. The van der Waals surface area contributed by atoms with Crippen molar-refractivity contribution in [1.82, 2.24) is 14.8 Å². The minimum absolute atomic E-state index is 0.173. The number of carbonyl (C=O) groups is 1. The molecule has 0 saturated heterocycles. The van der Waals surface area contributed by atoms with E-state index in [-0.39, 0.29) is 12.2 Å². The van der Waals surface area contributed by atoms with E-state index >= 15 is 0 Å². The van der Waals surface area contributed by atoms with Gasteiger partial charge in [0, 0.05) is 11.1 Å². The van der Waals surface area contributed by atoms with Crippen LogP contribution in [0.2, 0.25) is 0 Å². The van der Waals surface area contributed by atoms with Gasteiger partial charge in [-0.2, -0.15) is 0 Å². The number of carboxylic acid groups (broad SMARTS) is 1. The van der Waals surface area contributed by atoms with Gasteiger partial charge in [-0.15, -0.1) is 10.2 Å². The second-order valence-corrected chi connectivity index (χ2v) is 4.64. The fraction of sp³-hybridized carbons (Fsp3) is 0.250. The van der Waals surface area contributed by atoms with Gasteiger partial charge < -0.3 is 9.84 Å². The summed E-state index contributed by atoms with van der Waals surface area (Å²) in [6.45, 7) is 2.72. The minimum Gasteiger partial charge on any atom is -0.478 e. The van der Waals surface area contributed by atoms with Crippen LogP contribution in [-0.4, -0.2) is 32.4 Å². The number of aromatic nitrogens is 3. The maximum absolute atomic E-state index is 11.3. The summed E-state index contributed by atoms with van der Waals surface area (Å²) in [5.74, 6) is -0.445. The lowest BCUT2D eigenvalue weighted by Crippen LogP contribution is -2.09. The van der Waals surface area contributed by atoms with E-state index in [0.717, 1.165) is 0 Å². The van der Waals surface area contributed by atoms with E-state index in [1.54, 1.807) is 22.8 Å². The number of aromatic carboxylic acids is 1. The van der Waals surface area contributed by atoms with Gasteiger partial charge in [-0.25, -0.2) is 4.79 Å². The lowest BCUT2D eigenvalue weighted by Gasteiger charge is -2.10. The van der Waals surface area contributed by atoms with Crippen LogP contribution in [0.25, 0.3) is 5.69 Å². The summed E-state index contributed by atoms with van der Waals surface area (Å²) >= 11 is 3.26. The van der Waals surface area contributed by atoms with Crippen LogP contribution in [0.15, 0.2) is 29.0 Å². The quantitative estimate of drug-likeness (QED) is 0.912. The number of ether oxygens (including phenoxy) is 1. The van der Waals surface area contributed by atoms with Crippen LogP contribution in [0.1, 0.15) is 23.1 Å². The molecule has 0 amide bonds. The monoisotopic (exact) mass is 325 g/mol. The topological polar surface area (TPSA) is 77.2 Å². The maximum Gasteiger partial charge on any atom is 0.337 e. The van der Waals surface area contributed by atoms with Crippen molar-refractivity contribution in [2.45, 2.75) is 13.5 Å². The van der Waals surface area contributed by atoms with Crippen molar-refractivity contribution in [3.05, 3.63) is 40.4 Å². The third kappa shape index (κ3) is 2.99. The normalized spacial score (nSPS) is 10.6. The standard InChI is InChI=1S/C12H12BrN3O3/c1-2-19-6-11-15-14-7-16(11)10-4-3-8(13)5-9(10)12(17)18/h3-5,7H,2,6H2,1H3,(H,17,18). The Hall–Kier alpha value is -1.73. The highest BCUT2D eigenvalue weighted by atomic mass is 79.9. The van der Waals surface area contributed by atoms with Crippen LogP contribution in [0.4, 0.5) is 0 Å². The molecular weight excluding hydrogens is 314 g/mol. The van der Waals surface area contributed by atoms with Crippen LogP contribution in [0.3, 0.4) is 0 Å². The molecule has 19 heavy (non-hydrogen) atoms. The number of benzene rings is 1. The van der Waals surface area contributed by atoms with E-state index < -0.39 is 5.97 Å². The van der Waals surface area contributed by atoms with Gasteiger partial charge in [-0.3, -0.25) is 4.57 Å². The van der Waals surface area contributed by atoms with Crippen molar-refractivity contribution in [2.24, 2.45) is 0 Å². The number of nitrogens with zero attached hydrogens (tertiary/aromatic N) is 3. The second-order valence-electron chi connectivity index (χ2n) is 3.72. The molecule has 2 rings (SSSR count). The first-order valence-electron chi connectivity index (χ1n) is 5.63. The third-order valence-electron chi connectivity index (χ3n) is 2.50. The van der Waals surface area contributed by atoms with Crippen molar-refractivity contribution in [3.8, 4) is 5.69 Å². The average molecular weight is 326 g/mol. The first kappa shape index (κ1) is 13.7. The summed E-state index contributed by atoms with van der Waals surface area (Å²) in [4.78, 5) is 11.3. The molecule has 1 heterocycles. The average Bonchev–Trinajstić information content (AvgIpc) is 2.84. The molecule has 0 fully saturated rings. The molecule has 1 aromatic heterocycles. The van der Waals surface area contributed by atoms with E-state index in [2.05, 4.69) is 26.1 Å². The predicted octanol–water partition coefficient (Wildman–Crippen LogP) is 2.26. The van der Waals surface area contributed by atoms with Gasteiger partial charge in [-0.05, 0) is 25.1 Å². The fourth-order valence-electron chi connectivity index (χ4n) is 1.64. The molecule has 1 aromatic carbocycles. The number of halogens is 1. The van der Waals surface area contributed by atoms with Gasteiger partial charge in [0.15, 0.2) is 5.82 Å². The van der Waals surface area contributed by atoms with Gasteiger partial charge >= 0.3 is 5.97 Å². The van der Waals surface area contributed by atoms with Gasteiger partial charge in [0.2, 0.25) is 0 Å². The van der Waals surface area contributed by atoms with Crippen LogP contribution in [-0.2, 0) is 11.3 Å². The Morgan fingerprint density at radius 3 is 3.00 bits per heavy atom. The van der Waals surface area contributed by atoms with Crippen LogP contribution >= 0.6 is 15.9 Å². The van der Waals surface area contributed by atoms with Gasteiger partial charge in [0.25, 0.3) is 0 Å². The lowest BCUT2D eigenvalue weighted by atomic mass is 10.2. The fourth-order valence-corrected chi connectivity index (χ4v) is 2.00. The van der Waals surface area contributed by atoms with Crippen molar-refractivity contribution < 1.29 is 14.6 Å². The van der Waals surface area contributed by atoms with Crippen LogP contribution in [0, 0.1) is 0 Å². The first-order valence-corrected chi connectivity index (χ1v) is 6.42. The highest BCUT2D eigenvalue weighted by Crippen LogP contribution is 2.21. The van der Waals surface area contributed by atoms with Crippen molar-refractivity contribution in [1.29, 1.82) is 0 Å². The summed E-state index contributed by atoms with van der Waals surface area (Å²) in [5, 5.41) is 17.0. The Balaban J connectivity index is 2.47. The number of hydrogen-bond donors (Lipinski definition) is 1. The molecule has 0 unspecified atom stereocenters. The predicted molar refractivity (Wildman–Crippen MR) is 71.3 cm³/mol. The number of hydrogen-bond acceptors (Lipinski definition) is 4. The van der Waals surface area contributed by atoms with Crippen molar-refractivity contribution >= 4 is 21.9 Å². The molecule has 0 radical (unpaired) electrons. The lowest BCUT2D eigenvalue weighted by molar-refractivity contribution is 0.0696. The Bertz CT molecular complexity index is 598. The molecule has 0 spiro atoms. The smallest absolute Gasteiger partial charge is 0.337 e. The molecular formula is C12H12BrN3O3. The molecule has 0 aliphatic rings. The highest BCUT2D eigenvalue weighted by Gasteiger charge is 2.15. The molecule has 2 aromatic rings. The number of carboxylic acids is 1. The summed E-state index contributed by atoms with van der Waals surface area (Å²) in [6, 6.07) is 5.01. The first-order chi connectivity index (χ1) is 9.13. The molecule has 100 valence electrons. The molecule has 7 heteroatoms. The third-order valence-corrected chi connectivity index (χ3v) is 3.00. The molecule has 0 aliphatic carbocycles. The van der Waals surface area contributed by atoms with E-state index in [0.29, 0.717) is 22.6 Å². The number of rotatable bonds is 5. The van der Waals surface area contributed by atoms with E-state index in [9.17, 15) is 9.90 Å².